The summed E-state index contributed by atoms with van der Waals surface area (Å²) in [6.45, 7) is 2.12. The van der Waals surface area contributed by atoms with Gasteiger partial charge in [0.15, 0.2) is 0 Å². The zero-order valence-corrected chi connectivity index (χ0v) is 12.8. The molecule has 0 saturated heterocycles. The van der Waals surface area contributed by atoms with Crippen LogP contribution in [0.4, 0.5) is 0 Å². The molecule has 0 atom stereocenters. The Morgan fingerprint density at radius 1 is 0.870 bits per heavy atom. The second-order valence-electron chi connectivity index (χ2n) is 5.99. The Hall–Kier alpha value is -2.87. The number of benzene rings is 4. The minimum absolute atomic E-state index is 0.0511. The van der Waals surface area contributed by atoms with E-state index in [2.05, 4.69) is 55.5 Å². The summed E-state index contributed by atoms with van der Waals surface area (Å²) < 4.78 is 0. The van der Waals surface area contributed by atoms with E-state index in [1.807, 2.05) is 12.1 Å². The van der Waals surface area contributed by atoms with Crippen LogP contribution in [0.3, 0.4) is 0 Å². The Morgan fingerprint density at radius 2 is 1.57 bits per heavy atom. The van der Waals surface area contributed by atoms with Crippen LogP contribution in [0, 0.1) is 6.92 Å². The molecule has 0 amide bonds. The van der Waals surface area contributed by atoms with Crippen LogP contribution < -0.4 is 0 Å². The van der Waals surface area contributed by atoms with Crippen molar-refractivity contribution in [3.8, 4) is 0 Å². The van der Waals surface area contributed by atoms with E-state index in [0.29, 0.717) is 0 Å². The lowest BCUT2D eigenvalue weighted by molar-refractivity contribution is -0.136. The molecule has 23 heavy (non-hydrogen) atoms. The molecule has 112 valence electrons. The number of aliphatic carboxylic acids is 1. The monoisotopic (exact) mass is 300 g/mol. The first-order valence-electron chi connectivity index (χ1n) is 7.69. The molecular weight excluding hydrogens is 284 g/mol. The smallest absolute Gasteiger partial charge is 0.307 e. The van der Waals surface area contributed by atoms with Gasteiger partial charge >= 0.3 is 5.97 Å². The summed E-state index contributed by atoms with van der Waals surface area (Å²) in [5.41, 5.74) is 2.08. The molecule has 0 unspecified atom stereocenters. The summed E-state index contributed by atoms with van der Waals surface area (Å²) in [5, 5.41) is 16.2. The van der Waals surface area contributed by atoms with Crippen molar-refractivity contribution in [1.29, 1.82) is 0 Å². The van der Waals surface area contributed by atoms with Gasteiger partial charge in [0.25, 0.3) is 0 Å². The highest BCUT2D eigenvalue weighted by atomic mass is 16.4. The number of hydrogen-bond donors (Lipinski definition) is 1. The minimum Gasteiger partial charge on any atom is -0.481 e. The summed E-state index contributed by atoms with van der Waals surface area (Å²) in [4.78, 5) is 11.1. The van der Waals surface area contributed by atoms with Crippen LogP contribution in [-0.2, 0) is 11.2 Å². The van der Waals surface area contributed by atoms with Crippen molar-refractivity contribution in [3.63, 3.8) is 0 Å². The van der Waals surface area contributed by atoms with Gasteiger partial charge in [-0.1, -0.05) is 60.7 Å². The van der Waals surface area contributed by atoms with E-state index in [4.69, 9.17) is 5.11 Å². The maximum absolute atomic E-state index is 11.1. The molecule has 0 aliphatic heterocycles. The van der Waals surface area contributed by atoms with Crippen LogP contribution >= 0.6 is 0 Å². The van der Waals surface area contributed by atoms with Gasteiger partial charge in [-0.25, -0.2) is 0 Å². The highest BCUT2D eigenvalue weighted by molar-refractivity contribution is 6.19. The van der Waals surface area contributed by atoms with Crippen molar-refractivity contribution in [3.05, 3.63) is 71.8 Å². The molecule has 0 radical (unpaired) electrons. The van der Waals surface area contributed by atoms with Gasteiger partial charge in [-0.2, -0.15) is 0 Å². The molecule has 0 aliphatic carbocycles. The second-order valence-corrected chi connectivity index (χ2v) is 5.99. The third-order valence-electron chi connectivity index (χ3n) is 4.51. The fourth-order valence-electron chi connectivity index (χ4n) is 3.56. The third kappa shape index (κ3) is 2.15. The molecular formula is C21H16O2. The van der Waals surface area contributed by atoms with Gasteiger partial charge in [0.2, 0.25) is 0 Å². The van der Waals surface area contributed by atoms with E-state index < -0.39 is 5.97 Å². The lowest BCUT2D eigenvalue weighted by Gasteiger charge is -2.12. The van der Waals surface area contributed by atoms with Gasteiger partial charge in [0, 0.05) is 0 Å². The average Bonchev–Trinajstić information content (AvgIpc) is 2.54. The van der Waals surface area contributed by atoms with Crippen molar-refractivity contribution in [2.75, 3.05) is 0 Å². The predicted molar refractivity (Wildman–Crippen MR) is 95.0 cm³/mol. The fourth-order valence-corrected chi connectivity index (χ4v) is 3.56. The Labute approximate surface area is 134 Å². The van der Waals surface area contributed by atoms with E-state index in [-0.39, 0.29) is 6.42 Å². The summed E-state index contributed by atoms with van der Waals surface area (Å²) in [6.07, 6.45) is 0.0511. The first-order valence-corrected chi connectivity index (χ1v) is 7.69. The predicted octanol–water partition coefficient (Wildman–Crippen LogP) is 5.08. The van der Waals surface area contributed by atoms with Crippen molar-refractivity contribution >= 4 is 38.3 Å². The first-order chi connectivity index (χ1) is 11.1. The van der Waals surface area contributed by atoms with Crippen LogP contribution in [0.2, 0.25) is 0 Å². The van der Waals surface area contributed by atoms with Gasteiger partial charge in [-0.05, 0) is 50.4 Å². The lowest BCUT2D eigenvalue weighted by atomic mass is 9.91. The number of hydrogen-bond acceptors (Lipinski definition) is 1. The topological polar surface area (TPSA) is 37.3 Å². The molecule has 0 fully saturated rings. The molecule has 0 saturated carbocycles. The lowest BCUT2D eigenvalue weighted by Crippen LogP contribution is -2.00. The summed E-state index contributed by atoms with van der Waals surface area (Å²) in [6, 6.07) is 20.7. The molecule has 0 heterocycles. The molecule has 0 aromatic heterocycles. The number of rotatable bonds is 2. The second kappa shape index (κ2) is 5.10. The van der Waals surface area contributed by atoms with Crippen LogP contribution in [0.25, 0.3) is 32.3 Å². The molecule has 4 aromatic carbocycles. The standard InChI is InChI=1S/C21H16O2/c1-13-11-14-5-2-3-7-16(14)19-10-9-17-15(12-20(22)23)6-4-8-18(17)21(13)19/h2-11H,12H2,1H3,(H,22,23). The highest BCUT2D eigenvalue weighted by Crippen LogP contribution is 2.35. The van der Waals surface area contributed by atoms with E-state index in [1.165, 1.54) is 27.1 Å². The van der Waals surface area contributed by atoms with Gasteiger partial charge in [-0.3, -0.25) is 4.79 Å². The molecule has 0 spiro atoms. The molecule has 2 heteroatoms. The van der Waals surface area contributed by atoms with Crippen molar-refractivity contribution in [2.45, 2.75) is 13.3 Å². The first kappa shape index (κ1) is 13.8. The zero-order valence-electron chi connectivity index (χ0n) is 12.8. The maximum atomic E-state index is 11.1. The van der Waals surface area contributed by atoms with Crippen LogP contribution in [-0.4, -0.2) is 11.1 Å². The molecule has 4 aromatic rings. The Morgan fingerprint density at radius 3 is 2.39 bits per heavy atom. The summed E-state index contributed by atoms with van der Waals surface area (Å²) in [5.74, 6) is -0.798. The molecule has 4 rings (SSSR count). The number of carboxylic acids is 1. The van der Waals surface area contributed by atoms with Gasteiger partial charge < -0.3 is 5.11 Å². The normalized spacial score (nSPS) is 11.3. The Balaban J connectivity index is 2.17. The van der Waals surface area contributed by atoms with E-state index in [0.717, 1.165) is 16.3 Å². The summed E-state index contributed by atoms with van der Waals surface area (Å²) >= 11 is 0. The molecule has 2 nitrogen and oxygen atoms in total. The van der Waals surface area contributed by atoms with Gasteiger partial charge in [0.1, 0.15) is 0 Å². The SMILES string of the molecule is Cc1cc2ccccc2c2ccc3c(CC(=O)O)cccc3c12. The summed E-state index contributed by atoms with van der Waals surface area (Å²) in [7, 11) is 0. The minimum atomic E-state index is -0.798. The van der Waals surface area contributed by atoms with Gasteiger partial charge in [0.05, 0.1) is 6.42 Å². The molecule has 0 aliphatic rings. The van der Waals surface area contributed by atoms with Gasteiger partial charge in [-0.15, -0.1) is 0 Å². The number of aryl methyl sites for hydroxylation is 1. The van der Waals surface area contributed by atoms with Crippen LogP contribution in [0.1, 0.15) is 11.1 Å². The number of carboxylic acid groups (broad SMARTS) is 1. The zero-order chi connectivity index (χ0) is 16.0. The van der Waals surface area contributed by atoms with Crippen molar-refractivity contribution in [1.82, 2.24) is 0 Å². The highest BCUT2D eigenvalue weighted by Gasteiger charge is 2.11. The fraction of sp³-hybridized carbons (Fsp3) is 0.0952. The third-order valence-corrected chi connectivity index (χ3v) is 4.51. The average molecular weight is 300 g/mol. The van der Waals surface area contributed by atoms with E-state index in [1.54, 1.807) is 0 Å². The molecule has 1 N–H and O–H groups in total. The number of carbonyl (C=O) groups is 1. The van der Waals surface area contributed by atoms with Crippen LogP contribution in [0.15, 0.2) is 60.7 Å². The number of fused-ring (bicyclic) bond motifs is 5. The van der Waals surface area contributed by atoms with Crippen LogP contribution in [0.5, 0.6) is 0 Å². The Kier molecular flexibility index (Phi) is 3.05. The molecule has 0 bridgehead atoms. The largest absolute Gasteiger partial charge is 0.481 e. The quantitative estimate of drug-likeness (QED) is 0.524. The maximum Gasteiger partial charge on any atom is 0.307 e. The van der Waals surface area contributed by atoms with Crippen molar-refractivity contribution < 1.29 is 9.90 Å². The van der Waals surface area contributed by atoms with E-state index in [9.17, 15) is 4.79 Å². The van der Waals surface area contributed by atoms with Crippen molar-refractivity contribution in [2.24, 2.45) is 0 Å². The van der Waals surface area contributed by atoms with E-state index >= 15 is 0 Å². The Bertz CT molecular complexity index is 1080.